The molecule has 0 saturated carbocycles. The lowest BCUT2D eigenvalue weighted by Gasteiger charge is -2.37. The molecule has 130 valence electrons. The Kier molecular flexibility index (Phi) is 5.26. The number of rotatable bonds is 4. The summed E-state index contributed by atoms with van der Waals surface area (Å²) in [7, 11) is 0. The van der Waals surface area contributed by atoms with Crippen molar-refractivity contribution < 1.29 is 9.84 Å². The molecule has 23 heavy (non-hydrogen) atoms. The number of morpholine rings is 1. The number of aromatic nitrogens is 1. The third-order valence-corrected chi connectivity index (χ3v) is 6.22. The van der Waals surface area contributed by atoms with Crippen LogP contribution in [0.1, 0.15) is 24.4 Å². The molecule has 2 aliphatic heterocycles. The monoisotopic (exact) mass is 339 g/mol. The molecule has 0 amide bonds. The van der Waals surface area contributed by atoms with Gasteiger partial charge in [-0.15, -0.1) is 11.3 Å². The molecule has 0 unspecified atom stereocenters. The number of aliphatic hydroxyl groups excluding tert-OH is 1. The Balaban J connectivity index is 1.65. The molecule has 0 radical (unpaired) electrons. The molecule has 1 N–H and O–H groups in total. The van der Waals surface area contributed by atoms with E-state index in [0.29, 0.717) is 24.0 Å². The van der Waals surface area contributed by atoms with Crippen LogP contribution in [0.2, 0.25) is 0 Å². The van der Waals surface area contributed by atoms with E-state index in [9.17, 15) is 5.11 Å². The van der Waals surface area contributed by atoms with Gasteiger partial charge in [-0.05, 0) is 33.6 Å². The van der Waals surface area contributed by atoms with Crippen molar-refractivity contribution in [3.8, 4) is 0 Å². The zero-order chi connectivity index (χ0) is 16.6. The van der Waals surface area contributed by atoms with E-state index < -0.39 is 0 Å². The molecule has 5 nitrogen and oxygen atoms in total. The van der Waals surface area contributed by atoms with Gasteiger partial charge in [0.1, 0.15) is 0 Å². The van der Waals surface area contributed by atoms with Crippen LogP contribution in [0, 0.1) is 25.7 Å². The maximum absolute atomic E-state index is 9.81. The predicted molar refractivity (Wildman–Crippen MR) is 94.3 cm³/mol. The number of anilines is 1. The fourth-order valence-electron chi connectivity index (χ4n) is 3.86. The molecule has 6 heteroatoms. The van der Waals surface area contributed by atoms with Crippen LogP contribution >= 0.6 is 11.3 Å². The Hall–Kier alpha value is -0.690. The summed E-state index contributed by atoms with van der Waals surface area (Å²) in [6.07, 6.45) is 0.598. The van der Waals surface area contributed by atoms with E-state index in [-0.39, 0.29) is 6.61 Å². The first-order chi connectivity index (χ1) is 11.0. The zero-order valence-corrected chi connectivity index (χ0v) is 15.5. The quantitative estimate of drug-likeness (QED) is 0.908. The first-order valence-electron chi connectivity index (χ1n) is 8.64. The molecule has 4 atom stereocenters. The lowest BCUT2D eigenvalue weighted by molar-refractivity contribution is -0.0725. The van der Waals surface area contributed by atoms with Gasteiger partial charge in [0.25, 0.3) is 0 Å². The summed E-state index contributed by atoms with van der Waals surface area (Å²) in [6.45, 7) is 13.7. The van der Waals surface area contributed by atoms with E-state index in [1.165, 1.54) is 4.88 Å². The minimum atomic E-state index is 0.264. The third kappa shape index (κ3) is 3.87. The lowest BCUT2D eigenvalue weighted by atomic mass is 9.96. The highest BCUT2D eigenvalue weighted by Gasteiger charge is 2.36. The molecule has 0 bridgehead atoms. The highest BCUT2D eigenvalue weighted by Crippen LogP contribution is 2.33. The maximum Gasteiger partial charge on any atom is 0.185 e. The van der Waals surface area contributed by atoms with Crippen LogP contribution in [0.5, 0.6) is 0 Å². The van der Waals surface area contributed by atoms with Gasteiger partial charge < -0.3 is 14.7 Å². The topological polar surface area (TPSA) is 48.8 Å². The Bertz CT molecular complexity index is 506. The van der Waals surface area contributed by atoms with Crippen LogP contribution < -0.4 is 4.90 Å². The fraction of sp³-hybridized carbons (Fsp3) is 0.824. The molecule has 0 spiro atoms. The largest absolute Gasteiger partial charge is 0.396 e. The van der Waals surface area contributed by atoms with Crippen molar-refractivity contribution in [1.82, 2.24) is 9.88 Å². The number of aliphatic hydroxyl groups is 1. The zero-order valence-electron chi connectivity index (χ0n) is 14.7. The second-order valence-electron chi connectivity index (χ2n) is 7.22. The summed E-state index contributed by atoms with van der Waals surface area (Å²) < 4.78 is 5.83. The number of hydrogen-bond acceptors (Lipinski definition) is 6. The van der Waals surface area contributed by atoms with Gasteiger partial charge in [0.05, 0.1) is 17.9 Å². The van der Waals surface area contributed by atoms with Gasteiger partial charge in [-0.3, -0.25) is 4.90 Å². The molecule has 3 rings (SSSR count). The Morgan fingerprint density at radius 1 is 1.13 bits per heavy atom. The molecule has 0 aliphatic carbocycles. The van der Waals surface area contributed by atoms with E-state index >= 15 is 0 Å². The van der Waals surface area contributed by atoms with Gasteiger partial charge in [-0.2, -0.15) is 0 Å². The molecule has 3 heterocycles. The fourth-order valence-corrected chi connectivity index (χ4v) is 4.79. The van der Waals surface area contributed by atoms with Gasteiger partial charge in [-0.1, -0.05) is 0 Å². The second kappa shape index (κ2) is 7.05. The van der Waals surface area contributed by atoms with Gasteiger partial charge in [0.15, 0.2) is 5.13 Å². The van der Waals surface area contributed by atoms with Gasteiger partial charge in [0, 0.05) is 50.1 Å². The average Bonchev–Trinajstić information content (AvgIpc) is 3.02. The van der Waals surface area contributed by atoms with E-state index in [4.69, 9.17) is 9.72 Å². The average molecular weight is 340 g/mol. The Morgan fingerprint density at radius 2 is 1.78 bits per heavy atom. The Labute approximate surface area is 143 Å². The highest BCUT2D eigenvalue weighted by atomic mass is 32.1. The van der Waals surface area contributed by atoms with Crippen molar-refractivity contribution in [2.24, 2.45) is 11.8 Å². The summed E-state index contributed by atoms with van der Waals surface area (Å²) in [5.74, 6) is 0.843. The van der Waals surface area contributed by atoms with Crippen LogP contribution in [0.15, 0.2) is 0 Å². The van der Waals surface area contributed by atoms with Crippen molar-refractivity contribution in [2.45, 2.75) is 39.9 Å². The van der Waals surface area contributed by atoms with E-state index in [2.05, 4.69) is 37.5 Å². The SMILES string of the molecule is Cc1nc(N2C[C@@H](CN3C[C@@H](C)O[C@@H](C)C3)[C@@H](CO)C2)sc1C. The molecule has 2 fully saturated rings. The first kappa shape index (κ1) is 17.1. The van der Waals surface area contributed by atoms with Crippen LogP contribution in [0.4, 0.5) is 5.13 Å². The number of aryl methyl sites for hydroxylation is 2. The van der Waals surface area contributed by atoms with Gasteiger partial charge in [0.2, 0.25) is 0 Å². The smallest absolute Gasteiger partial charge is 0.185 e. The standard InChI is InChI=1S/C17H29N3O2S/c1-11-5-19(6-12(2)22-11)7-15-8-20(9-16(15)10-21)17-18-13(3)14(4)23-17/h11-12,15-16,21H,5-10H2,1-4H3/t11-,12+,15-,16-/m1/s1. The summed E-state index contributed by atoms with van der Waals surface area (Å²) in [4.78, 5) is 10.9. The molecule has 1 aromatic rings. The molecule has 2 aliphatic rings. The molecule has 1 aromatic heterocycles. The van der Waals surface area contributed by atoms with Crippen molar-refractivity contribution >= 4 is 16.5 Å². The first-order valence-corrected chi connectivity index (χ1v) is 9.45. The van der Waals surface area contributed by atoms with E-state index in [1.54, 1.807) is 11.3 Å². The molecular weight excluding hydrogens is 310 g/mol. The van der Waals surface area contributed by atoms with Crippen molar-refractivity contribution in [3.63, 3.8) is 0 Å². The lowest BCUT2D eigenvalue weighted by Crippen LogP contribution is -2.48. The second-order valence-corrected chi connectivity index (χ2v) is 8.40. The van der Waals surface area contributed by atoms with Crippen molar-refractivity contribution in [3.05, 3.63) is 10.6 Å². The summed E-state index contributed by atoms with van der Waals surface area (Å²) in [5.41, 5.74) is 1.13. The third-order valence-electron chi connectivity index (χ3n) is 5.09. The predicted octanol–water partition coefficient (Wildman–Crippen LogP) is 1.91. The van der Waals surface area contributed by atoms with Gasteiger partial charge in [-0.25, -0.2) is 4.98 Å². The molecule has 0 aromatic carbocycles. The highest BCUT2D eigenvalue weighted by molar-refractivity contribution is 7.15. The van der Waals surface area contributed by atoms with E-state index in [0.717, 1.165) is 43.5 Å². The Morgan fingerprint density at radius 3 is 2.35 bits per heavy atom. The minimum absolute atomic E-state index is 0.264. The maximum atomic E-state index is 9.81. The van der Waals surface area contributed by atoms with Crippen LogP contribution in [0.25, 0.3) is 0 Å². The summed E-state index contributed by atoms with van der Waals surface area (Å²) in [6, 6.07) is 0. The molecule has 2 saturated heterocycles. The summed E-state index contributed by atoms with van der Waals surface area (Å²) >= 11 is 1.77. The number of ether oxygens (including phenoxy) is 1. The van der Waals surface area contributed by atoms with Crippen molar-refractivity contribution in [2.75, 3.05) is 44.2 Å². The minimum Gasteiger partial charge on any atom is -0.396 e. The molecular formula is C17H29N3O2S. The number of thiazole rings is 1. The van der Waals surface area contributed by atoms with Crippen LogP contribution in [0.3, 0.4) is 0 Å². The summed E-state index contributed by atoms with van der Waals surface area (Å²) in [5, 5.41) is 10.9. The normalized spacial score (nSPS) is 32.7. The van der Waals surface area contributed by atoms with Crippen LogP contribution in [-0.2, 0) is 4.74 Å². The number of nitrogens with zero attached hydrogens (tertiary/aromatic N) is 3. The number of hydrogen-bond donors (Lipinski definition) is 1. The van der Waals surface area contributed by atoms with E-state index in [1.807, 2.05) is 0 Å². The van der Waals surface area contributed by atoms with Gasteiger partial charge >= 0.3 is 0 Å². The van der Waals surface area contributed by atoms with Crippen LogP contribution in [-0.4, -0.2) is 66.5 Å². The van der Waals surface area contributed by atoms with Crippen molar-refractivity contribution in [1.29, 1.82) is 0 Å².